The normalized spacial score (nSPS) is 28.9. The van der Waals surface area contributed by atoms with Crippen molar-refractivity contribution in [3.8, 4) is 0 Å². The highest BCUT2D eigenvalue weighted by molar-refractivity contribution is 5.94. The first-order valence-electron chi connectivity index (χ1n) is 4.35. The molecule has 1 rings (SSSR count). The van der Waals surface area contributed by atoms with Gasteiger partial charge in [0, 0.05) is 6.54 Å². The summed E-state index contributed by atoms with van der Waals surface area (Å²) in [5.74, 6) is 0. The van der Waals surface area contributed by atoms with Crippen LogP contribution in [0.1, 0.15) is 20.3 Å². The van der Waals surface area contributed by atoms with Crippen molar-refractivity contribution in [2.45, 2.75) is 25.8 Å². The van der Waals surface area contributed by atoms with Crippen LogP contribution < -0.4 is 11.1 Å². The van der Waals surface area contributed by atoms with E-state index in [0.717, 1.165) is 25.2 Å². The Labute approximate surface area is 97.4 Å². The molecule has 1 heterocycles. The minimum absolute atomic E-state index is 0. The van der Waals surface area contributed by atoms with E-state index >= 15 is 0 Å². The van der Waals surface area contributed by atoms with Crippen molar-refractivity contribution >= 4 is 30.5 Å². The summed E-state index contributed by atoms with van der Waals surface area (Å²) in [6, 6.07) is 0. The Bertz CT molecular complexity index is 185. The van der Waals surface area contributed by atoms with Crippen molar-refractivity contribution in [2.24, 2.45) is 10.9 Å². The number of halogens is 2. The van der Waals surface area contributed by atoms with Crippen LogP contribution in [0.2, 0.25) is 0 Å². The molecule has 0 aromatic rings. The SMILES string of the molecule is CCON=C1CNCCC1(C)N.Cl.Cl. The third-order valence-corrected chi connectivity index (χ3v) is 2.08. The maximum absolute atomic E-state index is 6.01. The zero-order chi connectivity index (χ0) is 9.03. The number of nitrogens with zero attached hydrogens (tertiary/aromatic N) is 1. The van der Waals surface area contributed by atoms with Crippen molar-refractivity contribution in [1.82, 2.24) is 5.32 Å². The number of hydrogen-bond acceptors (Lipinski definition) is 4. The highest BCUT2D eigenvalue weighted by Gasteiger charge is 2.29. The van der Waals surface area contributed by atoms with Crippen molar-refractivity contribution in [1.29, 1.82) is 0 Å². The first-order valence-corrected chi connectivity index (χ1v) is 4.35. The fourth-order valence-corrected chi connectivity index (χ4v) is 1.18. The molecular weight excluding hydrogens is 225 g/mol. The van der Waals surface area contributed by atoms with Gasteiger partial charge in [0.05, 0.1) is 11.3 Å². The van der Waals surface area contributed by atoms with E-state index in [1.54, 1.807) is 0 Å². The van der Waals surface area contributed by atoms with Crippen LogP contribution in [-0.2, 0) is 4.84 Å². The maximum atomic E-state index is 6.01. The van der Waals surface area contributed by atoms with Gasteiger partial charge in [0.15, 0.2) is 0 Å². The van der Waals surface area contributed by atoms with Gasteiger partial charge in [0.25, 0.3) is 0 Å². The highest BCUT2D eigenvalue weighted by Crippen LogP contribution is 2.11. The molecule has 4 nitrogen and oxygen atoms in total. The van der Waals surface area contributed by atoms with Gasteiger partial charge in [-0.2, -0.15) is 0 Å². The molecule has 0 spiro atoms. The van der Waals surface area contributed by atoms with E-state index in [1.807, 2.05) is 13.8 Å². The number of piperidine rings is 1. The molecule has 1 aliphatic heterocycles. The Kier molecular flexibility index (Phi) is 8.54. The van der Waals surface area contributed by atoms with Crippen molar-refractivity contribution < 1.29 is 4.84 Å². The lowest BCUT2D eigenvalue weighted by atomic mass is 9.90. The fourth-order valence-electron chi connectivity index (χ4n) is 1.18. The standard InChI is InChI=1S/C8H17N3O.2ClH/c1-3-12-11-7-6-10-5-4-8(7,2)9;;/h10H,3-6,9H2,1-2H3;2*1H. The van der Waals surface area contributed by atoms with E-state index in [1.165, 1.54) is 0 Å². The molecule has 1 aliphatic rings. The first-order chi connectivity index (χ1) is 5.67. The van der Waals surface area contributed by atoms with E-state index in [4.69, 9.17) is 10.6 Å². The molecule has 1 saturated heterocycles. The van der Waals surface area contributed by atoms with Crippen LogP contribution in [0.4, 0.5) is 0 Å². The maximum Gasteiger partial charge on any atom is 0.114 e. The summed E-state index contributed by atoms with van der Waals surface area (Å²) >= 11 is 0. The molecule has 86 valence electrons. The monoisotopic (exact) mass is 243 g/mol. The predicted molar refractivity (Wildman–Crippen MR) is 63.6 cm³/mol. The van der Waals surface area contributed by atoms with Crippen LogP contribution in [0.5, 0.6) is 0 Å². The Morgan fingerprint density at radius 1 is 1.57 bits per heavy atom. The van der Waals surface area contributed by atoms with Crippen LogP contribution in [0.15, 0.2) is 5.16 Å². The van der Waals surface area contributed by atoms with Gasteiger partial charge in [-0.15, -0.1) is 24.8 Å². The second-order valence-electron chi connectivity index (χ2n) is 3.30. The van der Waals surface area contributed by atoms with Gasteiger partial charge in [-0.25, -0.2) is 0 Å². The third-order valence-electron chi connectivity index (χ3n) is 2.08. The minimum atomic E-state index is -0.291. The summed E-state index contributed by atoms with van der Waals surface area (Å²) in [5, 5.41) is 7.19. The van der Waals surface area contributed by atoms with Gasteiger partial charge in [-0.1, -0.05) is 5.16 Å². The van der Waals surface area contributed by atoms with Crippen molar-refractivity contribution in [2.75, 3.05) is 19.7 Å². The first kappa shape index (κ1) is 16.4. The topological polar surface area (TPSA) is 59.6 Å². The van der Waals surface area contributed by atoms with E-state index in [9.17, 15) is 0 Å². The number of nitrogens with two attached hydrogens (primary N) is 1. The summed E-state index contributed by atoms with van der Waals surface area (Å²) in [6.07, 6.45) is 0.916. The summed E-state index contributed by atoms with van der Waals surface area (Å²) in [5.41, 5.74) is 6.63. The fraction of sp³-hybridized carbons (Fsp3) is 0.875. The van der Waals surface area contributed by atoms with Gasteiger partial charge in [0.1, 0.15) is 6.61 Å². The lowest BCUT2D eigenvalue weighted by Crippen LogP contribution is -2.55. The second kappa shape index (κ2) is 7.29. The smallest absolute Gasteiger partial charge is 0.114 e. The summed E-state index contributed by atoms with van der Waals surface area (Å²) in [6.45, 7) is 6.20. The van der Waals surface area contributed by atoms with Crippen molar-refractivity contribution in [3.63, 3.8) is 0 Å². The molecule has 0 aromatic heterocycles. The zero-order valence-electron chi connectivity index (χ0n) is 8.58. The number of rotatable bonds is 2. The zero-order valence-corrected chi connectivity index (χ0v) is 10.2. The second-order valence-corrected chi connectivity index (χ2v) is 3.30. The molecule has 0 bridgehead atoms. The third kappa shape index (κ3) is 4.46. The Hall–Kier alpha value is -0.0300. The molecule has 0 saturated carbocycles. The van der Waals surface area contributed by atoms with Gasteiger partial charge < -0.3 is 15.9 Å². The van der Waals surface area contributed by atoms with Gasteiger partial charge in [-0.05, 0) is 26.8 Å². The van der Waals surface area contributed by atoms with Crippen LogP contribution in [-0.4, -0.2) is 30.9 Å². The summed E-state index contributed by atoms with van der Waals surface area (Å²) < 4.78 is 0. The molecule has 0 radical (unpaired) electrons. The Balaban J connectivity index is 0. The Morgan fingerprint density at radius 3 is 2.71 bits per heavy atom. The molecule has 0 aromatic carbocycles. The average molecular weight is 244 g/mol. The van der Waals surface area contributed by atoms with Crippen molar-refractivity contribution in [3.05, 3.63) is 0 Å². The van der Waals surface area contributed by atoms with Crippen LogP contribution in [0.25, 0.3) is 0 Å². The summed E-state index contributed by atoms with van der Waals surface area (Å²) in [4.78, 5) is 4.98. The lowest BCUT2D eigenvalue weighted by Gasteiger charge is -2.30. The molecule has 1 unspecified atom stereocenters. The van der Waals surface area contributed by atoms with E-state index in [-0.39, 0.29) is 30.4 Å². The molecule has 0 aliphatic carbocycles. The molecule has 14 heavy (non-hydrogen) atoms. The lowest BCUT2D eigenvalue weighted by molar-refractivity contribution is 0.155. The molecule has 1 atom stereocenters. The van der Waals surface area contributed by atoms with Gasteiger partial charge in [-0.3, -0.25) is 0 Å². The quantitative estimate of drug-likeness (QED) is 0.710. The molecule has 1 fully saturated rings. The largest absolute Gasteiger partial charge is 0.396 e. The Morgan fingerprint density at radius 2 is 2.21 bits per heavy atom. The van der Waals surface area contributed by atoms with E-state index in [0.29, 0.717) is 6.61 Å². The predicted octanol–water partition coefficient (Wildman–Crippen LogP) is 0.933. The average Bonchev–Trinajstić information content (AvgIpc) is 2.02. The van der Waals surface area contributed by atoms with E-state index in [2.05, 4.69) is 10.5 Å². The highest BCUT2D eigenvalue weighted by atomic mass is 35.5. The van der Waals surface area contributed by atoms with Crippen LogP contribution >= 0.6 is 24.8 Å². The van der Waals surface area contributed by atoms with Crippen LogP contribution in [0, 0.1) is 0 Å². The van der Waals surface area contributed by atoms with Crippen LogP contribution in [0.3, 0.4) is 0 Å². The number of oxime groups is 1. The molecule has 3 N–H and O–H groups in total. The number of nitrogens with one attached hydrogen (secondary N) is 1. The molecular formula is C8H19Cl2N3O. The molecule has 6 heteroatoms. The number of hydrogen-bond donors (Lipinski definition) is 2. The van der Waals surface area contributed by atoms with Gasteiger partial charge >= 0.3 is 0 Å². The summed E-state index contributed by atoms with van der Waals surface area (Å²) in [7, 11) is 0. The van der Waals surface area contributed by atoms with Gasteiger partial charge in [0.2, 0.25) is 0 Å². The van der Waals surface area contributed by atoms with E-state index < -0.39 is 0 Å². The minimum Gasteiger partial charge on any atom is -0.396 e. The molecule has 0 amide bonds.